The van der Waals surface area contributed by atoms with Gasteiger partial charge in [-0.1, -0.05) is 54.6 Å². The fourth-order valence-corrected chi connectivity index (χ4v) is 3.10. The summed E-state index contributed by atoms with van der Waals surface area (Å²) in [5.41, 5.74) is 10.8. The van der Waals surface area contributed by atoms with Crippen LogP contribution >= 0.6 is 0 Å². The van der Waals surface area contributed by atoms with E-state index in [0.717, 1.165) is 22.9 Å². The van der Waals surface area contributed by atoms with Gasteiger partial charge in [-0.15, -0.1) is 0 Å². The van der Waals surface area contributed by atoms with Crippen LogP contribution in [0, 0.1) is 0 Å². The van der Waals surface area contributed by atoms with Gasteiger partial charge in [-0.2, -0.15) is 5.10 Å². The number of carbonyl (C=O) groups is 1. The van der Waals surface area contributed by atoms with E-state index in [1.54, 1.807) is 6.07 Å². The number of ketones is 1. The summed E-state index contributed by atoms with van der Waals surface area (Å²) >= 11 is 0. The van der Waals surface area contributed by atoms with Crippen LogP contribution in [0.4, 0.5) is 5.82 Å². The number of nitrogens with one attached hydrogen (secondary N) is 1. The minimum atomic E-state index is 0.0725. The zero-order valence-electron chi connectivity index (χ0n) is 14.3. The van der Waals surface area contributed by atoms with Crippen molar-refractivity contribution >= 4 is 22.5 Å². The van der Waals surface area contributed by atoms with Gasteiger partial charge < -0.3 is 5.73 Å². The van der Waals surface area contributed by atoms with E-state index in [1.807, 2.05) is 42.5 Å². The van der Waals surface area contributed by atoms with Gasteiger partial charge in [0.2, 0.25) is 0 Å². The van der Waals surface area contributed by atoms with E-state index in [4.69, 9.17) is 5.73 Å². The Morgan fingerprint density at radius 1 is 0.885 bits per heavy atom. The van der Waals surface area contributed by atoms with Crippen LogP contribution < -0.4 is 5.73 Å². The number of rotatable bonds is 5. The van der Waals surface area contributed by atoms with Crippen LogP contribution in [0.5, 0.6) is 0 Å². The first-order valence-electron chi connectivity index (χ1n) is 8.57. The van der Waals surface area contributed by atoms with E-state index in [0.29, 0.717) is 17.8 Å². The maximum absolute atomic E-state index is 12.6. The summed E-state index contributed by atoms with van der Waals surface area (Å²) < 4.78 is 0. The number of nitrogens with zero attached hydrogens (tertiary/aromatic N) is 1. The molecule has 0 aliphatic heterocycles. The Kier molecular flexibility index (Phi) is 4.23. The predicted molar refractivity (Wildman–Crippen MR) is 104 cm³/mol. The highest BCUT2D eigenvalue weighted by Crippen LogP contribution is 2.20. The number of aromatic amines is 1. The molecule has 1 aromatic heterocycles. The molecule has 0 bridgehead atoms. The Morgan fingerprint density at radius 3 is 2.35 bits per heavy atom. The summed E-state index contributed by atoms with van der Waals surface area (Å²) in [4.78, 5) is 12.6. The first kappa shape index (κ1) is 16.1. The lowest BCUT2D eigenvalue weighted by atomic mass is 9.99. The lowest BCUT2D eigenvalue weighted by Gasteiger charge is -2.05. The molecule has 4 nitrogen and oxygen atoms in total. The molecule has 4 rings (SSSR count). The summed E-state index contributed by atoms with van der Waals surface area (Å²) in [5.74, 6) is 0.489. The van der Waals surface area contributed by atoms with Crippen molar-refractivity contribution in [3.8, 4) is 0 Å². The maximum atomic E-state index is 12.6. The van der Waals surface area contributed by atoms with Crippen LogP contribution in [0.2, 0.25) is 0 Å². The lowest BCUT2D eigenvalue weighted by Crippen LogP contribution is -2.03. The number of fused-ring (bicyclic) bond motifs is 1. The van der Waals surface area contributed by atoms with Crippen molar-refractivity contribution in [1.29, 1.82) is 0 Å². The predicted octanol–water partition coefficient (Wildman–Crippen LogP) is 4.16. The van der Waals surface area contributed by atoms with Crippen molar-refractivity contribution in [3.05, 3.63) is 95.1 Å². The molecule has 3 aromatic carbocycles. The third kappa shape index (κ3) is 3.35. The standard InChI is InChI=1S/C22H19N3O/c23-22-19-14-18(10-11-20(19)24-25-22)21(26)13-17-8-6-16(7-9-17)12-15-4-2-1-3-5-15/h1-11,14H,12-13H2,(H3,23,24,25). The number of aromatic nitrogens is 2. The van der Waals surface area contributed by atoms with Crippen LogP contribution in [0.25, 0.3) is 10.9 Å². The SMILES string of the molecule is Nc1n[nH]c2ccc(C(=O)Cc3ccc(Cc4ccccc4)cc3)cc12. The highest BCUT2D eigenvalue weighted by Gasteiger charge is 2.10. The molecule has 26 heavy (non-hydrogen) atoms. The molecule has 0 saturated carbocycles. The van der Waals surface area contributed by atoms with Gasteiger partial charge in [-0.25, -0.2) is 0 Å². The molecule has 0 unspecified atom stereocenters. The van der Waals surface area contributed by atoms with E-state index in [2.05, 4.69) is 34.5 Å². The average molecular weight is 341 g/mol. The van der Waals surface area contributed by atoms with Gasteiger partial charge in [0.05, 0.1) is 5.52 Å². The van der Waals surface area contributed by atoms with Crippen LogP contribution in [-0.2, 0) is 12.8 Å². The third-order valence-corrected chi connectivity index (χ3v) is 4.55. The van der Waals surface area contributed by atoms with Crippen LogP contribution in [-0.4, -0.2) is 16.0 Å². The van der Waals surface area contributed by atoms with Crippen molar-refractivity contribution in [2.75, 3.05) is 5.73 Å². The molecule has 0 spiro atoms. The summed E-state index contributed by atoms with van der Waals surface area (Å²) in [6.07, 6.45) is 1.26. The second kappa shape index (κ2) is 6.84. The Balaban J connectivity index is 1.47. The number of hydrogen-bond acceptors (Lipinski definition) is 3. The number of nitrogen functional groups attached to an aromatic ring is 1. The molecule has 0 amide bonds. The van der Waals surface area contributed by atoms with Gasteiger partial charge >= 0.3 is 0 Å². The van der Waals surface area contributed by atoms with Crippen molar-refractivity contribution in [3.63, 3.8) is 0 Å². The van der Waals surface area contributed by atoms with E-state index in [9.17, 15) is 4.79 Å². The van der Waals surface area contributed by atoms with Gasteiger partial charge in [0.1, 0.15) is 0 Å². The Morgan fingerprint density at radius 2 is 1.58 bits per heavy atom. The second-order valence-electron chi connectivity index (χ2n) is 6.45. The monoisotopic (exact) mass is 341 g/mol. The maximum Gasteiger partial charge on any atom is 0.167 e. The van der Waals surface area contributed by atoms with E-state index < -0.39 is 0 Å². The van der Waals surface area contributed by atoms with Crippen molar-refractivity contribution in [2.45, 2.75) is 12.8 Å². The number of benzene rings is 3. The van der Waals surface area contributed by atoms with Crippen molar-refractivity contribution in [2.24, 2.45) is 0 Å². The number of carbonyl (C=O) groups excluding carboxylic acids is 1. The molecule has 3 N–H and O–H groups in total. The molecule has 0 saturated heterocycles. The number of hydrogen-bond donors (Lipinski definition) is 2. The minimum absolute atomic E-state index is 0.0725. The Bertz CT molecular complexity index is 1050. The van der Waals surface area contributed by atoms with Gasteiger partial charge in [-0.3, -0.25) is 9.89 Å². The number of Topliss-reactive ketones (excluding diaryl/α,β-unsaturated/α-hetero) is 1. The Labute approximate surface area is 151 Å². The fraction of sp³-hybridized carbons (Fsp3) is 0.0909. The lowest BCUT2D eigenvalue weighted by molar-refractivity contribution is 0.0993. The molecule has 4 aromatic rings. The Hall–Kier alpha value is -3.40. The van der Waals surface area contributed by atoms with E-state index in [1.165, 1.54) is 11.1 Å². The smallest absolute Gasteiger partial charge is 0.167 e. The normalized spacial score (nSPS) is 10.9. The van der Waals surface area contributed by atoms with Crippen molar-refractivity contribution < 1.29 is 4.79 Å². The summed E-state index contributed by atoms with van der Waals surface area (Å²) in [5, 5.41) is 7.60. The molecule has 1 heterocycles. The number of anilines is 1. The molecule has 0 aliphatic rings. The first-order chi connectivity index (χ1) is 12.7. The van der Waals surface area contributed by atoms with E-state index >= 15 is 0 Å². The average Bonchev–Trinajstić information content (AvgIpc) is 3.04. The topological polar surface area (TPSA) is 71.8 Å². The quantitative estimate of drug-likeness (QED) is 0.535. The zero-order chi connectivity index (χ0) is 17.9. The highest BCUT2D eigenvalue weighted by atomic mass is 16.1. The second-order valence-corrected chi connectivity index (χ2v) is 6.45. The van der Waals surface area contributed by atoms with Gasteiger partial charge in [0.15, 0.2) is 11.6 Å². The zero-order valence-corrected chi connectivity index (χ0v) is 14.3. The van der Waals surface area contributed by atoms with Crippen molar-refractivity contribution in [1.82, 2.24) is 10.2 Å². The summed E-state index contributed by atoms with van der Waals surface area (Å²) in [6.45, 7) is 0. The van der Waals surface area contributed by atoms with Gasteiger partial charge in [0.25, 0.3) is 0 Å². The number of nitrogens with two attached hydrogens (primary N) is 1. The van der Waals surface area contributed by atoms with Crippen LogP contribution in [0.1, 0.15) is 27.0 Å². The third-order valence-electron chi connectivity index (χ3n) is 4.55. The molecule has 0 atom stereocenters. The molecular formula is C22H19N3O. The molecule has 128 valence electrons. The minimum Gasteiger partial charge on any atom is -0.382 e. The summed E-state index contributed by atoms with van der Waals surface area (Å²) in [6, 6.07) is 24.1. The molecular weight excluding hydrogens is 322 g/mol. The number of H-pyrrole nitrogens is 1. The molecule has 0 radical (unpaired) electrons. The molecule has 4 heteroatoms. The van der Waals surface area contributed by atoms with Gasteiger partial charge in [0, 0.05) is 17.4 Å². The largest absolute Gasteiger partial charge is 0.382 e. The fourth-order valence-electron chi connectivity index (χ4n) is 3.10. The van der Waals surface area contributed by atoms with Gasteiger partial charge in [-0.05, 0) is 41.3 Å². The van der Waals surface area contributed by atoms with Crippen LogP contribution in [0.15, 0.2) is 72.8 Å². The van der Waals surface area contributed by atoms with Crippen LogP contribution in [0.3, 0.4) is 0 Å². The first-order valence-corrected chi connectivity index (χ1v) is 8.57. The molecule has 0 aliphatic carbocycles. The molecule has 0 fully saturated rings. The highest BCUT2D eigenvalue weighted by molar-refractivity contribution is 6.02. The van der Waals surface area contributed by atoms with E-state index in [-0.39, 0.29) is 5.78 Å². The summed E-state index contributed by atoms with van der Waals surface area (Å²) in [7, 11) is 0.